The van der Waals surface area contributed by atoms with Gasteiger partial charge in [0.05, 0.1) is 6.61 Å². The number of nitrogens with one attached hydrogen (secondary N) is 1. The van der Waals surface area contributed by atoms with Crippen molar-refractivity contribution in [1.82, 2.24) is 5.43 Å². The Labute approximate surface area is 112 Å². The van der Waals surface area contributed by atoms with Crippen LogP contribution in [0.1, 0.15) is 58.3 Å². The van der Waals surface area contributed by atoms with E-state index in [1.165, 1.54) is 51.4 Å². The van der Waals surface area contributed by atoms with Crippen LogP contribution in [0.25, 0.3) is 0 Å². The summed E-state index contributed by atoms with van der Waals surface area (Å²) in [5.41, 5.74) is 3.09. The van der Waals surface area contributed by atoms with E-state index in [2.05, 4.69) is 12.3 Å². The van der Waals surface area contributed by atoms with Crippen LogP contribution in [0.3, 0.4) is 0 Å². The van der Waals surface area contributed by atoms with Gasteiger partial charge in [-0.1, -0.05) is 39.0 Å². The Morgan fingerprint density at radius 1 is 1.17 bits per heavy atom. The fourth-order valence-corrected chi connectivity index (χ4v) is 3.82. The summed E-state index contributed by atoms with van der Waals surface area (Å²) >= 11 is 0. The average Bonchev–Trinajstić information content (AvgIpc) is 2.93. The summed E-state index contributed by atoms with van der Waals surface area (Å²) in [6.45, 7) is 4.12. The molecule has 2 unspecified atom stereocenters. The summed E-state index contributed by atoms with van der Waals surface area (Å²) < 4.78 is 5.51. The van der Waals surface area contributed by atoms with Gasteiger partial charge in [0, 0.05) is 18.6 Å². The first-order valence-corrected chi connectivity index (χ1v) is 7.89. The third kappa shape index (κ3) is 3.69. The van der Waals surface area contributed by atoms with Crippen molar-refractivity contribution in [2.75, 3.05) is 13.2 Å². The van der Waals surface area contributed by atoms with E-state index in [4.69, 9.17) is 10.6 Å². The molecule has 0 aromatic rings. The molecule has 1 aliphatic carbocycles. The van der Waals surface area contributed by atoms with Crippen molar-refractivity contribution < 1.29 is 4.74 Å². The maximum absolute atomic E-state index is 5.79. The normalized spacial score (nSPS) is 34.7. The Hall–Kier alpha value is -0.120. The Balaban J connectivity index is 1.76. The van der Waals surface area contributed by atoms with Crippen molar-refractivity contribution in [2.24, 2.45) is 23.6 Å². The molecule has 0 bridgehead atoms. The number of hydrogen-bond acceptors (Lipinski definition) is 3. The molecular formula is C15H30N2O. The summed E-state index contributed by atoms with van der Waals surface area (Å²) in [5.74, 6) is 8.20. The number of ether oxygens (including phenoxy) is 1. The summed E-state index contributed by atoms with van der Waals surface area (Å²) in [6, 6.07) is 0.486. The maximum atomic E-state index is 5.79. The highest BCUT2D eigenvalue weighted by Crippen LogP contribution is 2.36. The number of nitrogens with two attached hydrogens (primary N) is 1. The predicted molar refractivity (Wildman–Crippen MR) is 75.0 cm³/mol. The summed E-state index contributed by atoms with van der Waals surface area (Å²) in [6.07, 6.45) is 10.9. The Morgan fingerprint density at radius 3 is 2.50 bits per heavy atom. The molecule has 2 fully saturated rings. The molecule has 0 aromatic heterocycles. The van der Waals surface area contributed by atoms with E-state index in [9.17, 15) is 0 Å². The standard InChI is InChI=1S/C15H30N2O/c1-2-3-4-12-5-7-13(8-6-12)15(17-16)14-9-10-18-11-14/h12-15,17H,2-11,16H2,1H3. The van der Waals surface area contributed by atoms with Gasteiger partial charge in [-0.05, 0) is 31.1 Å². The lowest BCUT2D eigenvalue weighted by Gasteiger charge is -2.36. The Kier molecular flexibility index (Phi) is 5.93. The van der Waals surface area contributed by atoms with Crippen LogP contribution in [-0.2, 0) is 4.74 Å². The minimum atomic E-state index is 0.486. The van der Waals surface area contributed by atoms with Crippen LogP contribution in [0.5, 0.6) is 0 Å². The summed E-state index contributed by atoms with van der Waals surface area (Å²) in [7, 11) is 0. The molecule has 1 heterocycles. The molecule has 0 amide bonds. The lowest BCUT2D eigenvalue weighted by molar-refractivity contribution is 0.142. The van der Waals surface area contributed by atoms with E-state index in [0.717, 1.165) is 25.0 Å². The smallest absolute Gasteiger partial charge is 0.0510 e. The number of unbranched alkanes of at least 4 members (excludes halogenated alkanes) is 1. The van der Waals surface area contributed by atoms with Gasteiger partial charge >= 0.3 is 0 Å². The van der Waals surface area contributed by atoms with E-state index in [1.54, 1.807) is 0 Å². The minimum Gasteiger partial charge on any atom is -0.381 e. The molecule has 1 saturated heterocycles. The molecule has 18 heavy (non-hydrogen) atoms. The van der Waals surface area contributed by atoms with Crippen LogP contribution in [0.2, 0.25) is 0 Å². The molecule has 3 heteroatoms. The zero-order chi connectivity index (χ0) is 12.8. The molecule has 2 atom stereocenters. The second-order valence-corrected chi connectivity index (χ2v) is 6.24. The minimum absolute atomic E-state index is 0.486. The van der Waals surface area contributed by atoms with E-state index in [1.807, 2.05) is 0 Å². The third-order valence-electron chi connectivity index (χ3n) is 5.03. The van der Waals surface area contributed by atoms with Crippen LogP contribution >= 0.6 is 0 Å². The van der Waals surface area contributed by atoms with Gasteiger partial charge in [0.1, 0.15) is 0 Å². The quantitative estimate of drug-likeness (QED) is 0.566. The lowest BCUT2D eigenvalue weighted by atomic mass is 9.74. The van der Waals surface area contributed by atoms with Crippen molar-refractivity contribution in [3.8, 4) is 0 Å². The van der Waals surface area contributed by atoms with E-state index >= 15 is 0 Å². The lowest BCUT2D eigenvalue weighted by Crippen LogP contribution is -2.47. The predicted octanol–water partition coefficient (Wildman–Crippen LogP) is 2.85. The first kappa shape index (κ1) is 14.3. The molecule has 3 nitrogen and oxygen atoms in total. The molecule has 106 valence electrons. The van der Waals surface area contributed by atoms with Gasteiger partial charge in [-0.15, -0.1) is 0 Å². The third-order valence-corrected chi connectivity index (χ3v) is 5.03. The average molecular weight is 254 g/mol. The second kappa shape index (κ2) is 7.46. The van der Waals surface area contributed by atoms with Gasteiger partial charge in [0.15, 0.2) is 0 Å². The fraction of sp³-hybridized carbons (Fsp3) is 1.00. The molecule has 1 aliphatic heterocycles. The van der Waals surface area contributed by atoms with E-state index in [-0.39, 0.29) is 0 Å². The van der Waals surface area contributed by atoms with E-state index in [0.29, 0.717) is 12.0 Å². The van der Waals surface area contributed by atoms with Crippen molar-refractivity contribution in [3.63, 3.8) is 0 Å². The molecule has 0 spiro atoms. The second-order valence-electron chi connectivity index (χ2n) is 6.24. The van der Waals surface area contributed by atoms with Crippen LogP contribution in [0.15, 0.2) is 0 Å². The fourth-order valence-electron chi connectivity index (χ4n) is 3.82. The van der Waals surface area contributed by atoms with Crippen molar-refractivity contribution in [2.45, 2.75) is 64.3 Å². The zero-order valence-electron chi connectivity index (χ0n) is 11.9. The van der Waals surface area contributed by atoms with Gasteiger partial charge in [0.25, 0.3) is 0 Å². The Bertz CT molecular complexity index is 221. The number of hydrazine groups is 1. The molecule has 0 radical (unpaired) electrons. The largest absolute Gasteiger partial charge is 0.381 e. The molecule has 3 N–H and O–H groups in total. The molecule has 0 aromatic carbocycles. The van der Waals surface area contributed by atoms with Crippen LogP contribution < -0.4 is 11.3 Å². The maximum Gasteiger partial charge on any atom is 0.0510 e. The molecule has 2 aliphatic rings. The SMILES string of the molecule is CCCCC1CCC(C(NN)C2CCOC2)CC1. The summed E-state index contributed by atoms with van der Waals surface area (Å²) in [4.78, 5) is 0. The van der Waals surface area contributed by atoms with Crippen molar-refractivity contribution in [1.29, 1.82) is 0 Å². The zero-order valence-corrected chi connectivity index (χ0v) is 11.9. The summed E-state index contributed by atoms with van der Waals surface area (Å²) in [5, 5.41) is 0. The monoisotopic (exact) mass is 254 g/mol. The van der Waals surface area contributed by atoms with Crippen LogP contribution in [0, 0.1) is 17.8 Å². The van der Waals surface area contributed by atoms with Crippen molar-refractivity contribution >= 4 is 0 Å². The van der Waals surface area contributed by atoms with Crippen LogP contribution in [0.4, 0.5) is 0 Å². The Morgan fingerprint density at radius 2 is 1.94 bits per heavy atom. The molecule has 1 saturated carbocycles. The molecule has 2 rings (SSSR count). The highest BCUT2D eigenvalue weighted by atomic mass is 16.5. The number of rotatable bonds is 6. The first-order chi connectivity index (χ1) is 8.85. The highest BCUT2D eigenvalue weighted by Gasteiger charge is 2.33. The van der Waals surface area contributed by atoms with Gasteiger partial charge in [-0.25, -0.2) is 0 Å². The first-order valence-electron chi connectivity index (χ1n) is 7.89. The van der Waals surface area contributed by atoms with Gasteiger partial charge < -0.3 is 4.74 Å². The van der Waals surface area contributed by atoms with Gasteiger partial charge in [0.2, 0.25) is 0 Å². The van der Waals surface area contributed by atoms with Crippen molar-refractivity contribution in [3.05, 3.63) is 0 Å². The van der Waals surface area contributed by atoms with Gasteiger partial charge in [-0.2, -0.15) is 0 Å². The van der Waals surface area contributed by atoms with E-state index < -0.39 is 0 Å². The van der Waals surface area contributed by atoms with Gasteiger partial charge in [-0.3, -0.25) is 11.3 Å². The molecular weight excluding hydrogens is 224 g/mol. The number of hydrogen-bond donors (Lipinski definition) is 2. The highest BCUT2D eigenvalue weighted by molar-refractivity contribution is 4.87. The topological polar surface area (TPSA) is 47.3 Å². The van der Waals surface area contributed by atoms with Crippen LogP contribution in [-0.4, -0.2) is 19.3 Å².